The molecule has 0 radical (unpaired) electrons. The van der Waals surface area contributed by atoms with Crippen molar-refractivity contribution in [3.63, 3.8) is 0 Å². The fourth-order valence-electron chi connectivity index (χ4n) is 1.51. The molecule has 1 aromatic carbocycles. The molecule has 1 rings (SSSR count). The molecule has 0 atom stereocenters. The number of carbonyl (C=O) groups excluding carboxylic acids is 1. The van der Waals surface area contributed by atoms with Crippen LogP contribution in [0.25, 0.3) is 0 Å². The van der Waals surface area contributed by atoms with Gasteiger partial charge in [-0.05, 0) is 40.9 Å². The van der Waals surface area contributed by atoms with Crippen molar-refractivity contribution in [1.82, 2.24) is 4.90 Å². The first-order valence-corrected chi connectivity index (χ1v) is 6.37. The molecule has 0 aliphatic rings. The first-order chi connectivity index (χ1) is 8.47. The summed E-state index contributed by atoms with van der Waals surface area (Å²) in [6.07, 6.45) is 3.51. The number of anilines is 1. The van der Waals surface area contributed by atoms with E-state index in [1.54, 1.807) is 11.9 Å². The van der Waals surface area contributed by atoms with Gasteiger partial charge in [0.25, 0.3) is 5.91 Å². The van der Waals surface area contributed by atoms with Gasteiger partial charge in [0.1, 0.15) is 5.82 Å². The van der Waals surface area contributed by atoms with E-state index >= 15 is 0 Å². The van der Waals surface area contributed by atoms with Gasteiger partial charge in [0.05, 0.1) is 11.3 Å². The van der Waals surface area contributed by atoms with Gasteiger partial charge in [0.2, 0.25) is 0 Å². The first-order valence-electron chi connectivity index (χ1n) is 5.58. The number of hydrogen-bond acceptors (Lipinski definition) is 2. The van der Waals surface area contributed by atoms with Gasteiger partial charge in [-0.15, -0.1) is 6.58 Å². The highest BCUT2D eigenvalue weighted by molar-refractivity contribution is 9.10. The minimum absolute atomic E-state index is 0.0268. The van der Waals surface area contributed by atoms with Crippen LogP contribution < -0.4 is 5.73 Å². The summed E-state index contributed by atoms with van der Waals surface area (Å²) in [5.74, 6) is -0.717. The van der Waals surface area contributed by atoms with E-state index in [0.717, 1.165) is 12.8 Å². The molecule has 3 nitrogen and oxygen atoms in total. The quantitative estimate of drug-likeness (QED) is 0.515. The average molecular weight is 315 g/mol. The molecule has 2 N–H and O–H groups in total. The Morgan fingerprint density at radius 1 is 1.61 bits per heavy atom. The number of unbranched alkanes of at least 4 members (excludes halogenated alkanes) is 1. The second-order valence-electron chi connectivity index (χ2n) is 4.01. The van der Waals surface area contributed by atoms with E-state index in [1.165, 1.54) is 12.1 Å². The van der Waals surface area contributed by atoms with Crippen LogP contribution in [0.1, 0.15) is 23.2 Å². The van der Waals surface area contributed by atoms with Crippen LogP contribution in [0.3, 0.4) is 0 Å². The number of nitrogens with zero attached hydrogens (tertiary/aromatic N) is 1. The zero-order chi connectivity index (χ0) is 13.7. The SMILES string of the molecule is C=CCCCN(C)C(=O)c1cc(N)c(F)cc1Br. The summed E-state index contributed by atoms with van der Waals surface area (Å²) >= 11 is 3.17. The van der Waals surface area contributed by atoms with Gasteiger partial charge in [-0.1, -0.05) is 6.08 Å². The van der Waals surface area contributed by atoms with E-state index in [0.29, 0.717) is 16.6 Å². The van der Waals surface area contributed by atoms with Gasteiger partial charge in [0.15, 0.2) is 0 Å². The highest BCUT2D eigenvalue weighted by atomic mass is 79.9. The average Bonchev–Trinajstić information content (AvgIpc) is 2.33. The zero-order valence-electron chi connectivity index (χ0n) is 10.2. The molecule has 0 fully saturated rings. The van der Waals surface area contributed by atoms with Crippen molar-refractivity contribution in [2.24, 2.45) is 0 Å². The highest BCUT2D eigenvalue weighted by Crippen LogP contribution is 2.23. The van der Waals surface area contributed by atoms with Gasteiger partial charge in [0, 0.05) is 18.1 Å². The largest absolute Gasteiger partial charge is 0.396 e. The maximum atomic E-state index is 13.2. The van der Waals surface area contributed by atoms with Crippen molar-refractivity contribution >= 4 is 27.5 Å². The second-order valence-corrected chi connectivity index (χ2v) is 4.87. The van der Waals surface area contributed by atoms with E-state index in [2.05, 4.69) is 22.5 Å². The number of rotatable bonds is 5. The molecule has 5 heteroatoms. The monoisotopic (exact) mass is 314 g/mol. The molecule has 0 aromatic heterocycles. The molecule has 0 bridgehead atoms. The molecule has 18 heavy (non-hydrogen) atoms. The standard InChI is InChI=1S/C13H16BrFN2O/c1-3-4-5-6-17(2)13(18)9-7-12(16)11(15)8-10(9)14/h3,7-8H,1,4-6,16H2,2H3. The van der Waals surface area contributed by atoms with Crippen molar-refractivity contribution in [3.05, 3.63) is 40.6 Å². The lowest BCUT2D eigenvalue weighted by atomic mass is 10.1. The molecular weight excluding hydrogens is 299 g/mol. The van der Waals surface area contributed by atoms with Gasteiger partial charge < -0.3 is 10.6 Å². The lowest BCUT2D eigenvalue weighted by molar-refractivity contribution is 0.0793. The molecule has 0 unspecified atom stereocenters. The molecule has 0 spiro atoms. The molecule has 0 aliphatic carbocycles. The third-order valence-electron chi connectivity index (χ3n) is 2.57. The molecule has 0 aliphatic heterocycles. The van der Waals surface area contributed by atoms with E-state index in [1.807, 2.05) is 6.08 Å². The van der Waals surface area contributed by atoms with Crippen molar-refractivity contribution in [2.75, 3.05) is 19.3 Å². The normalized spacial score (nSPS) is 10.2. The Labute approximate surface area is 115 Å². The van der Waals surface area contributed by atoms with Gasteiger partial charge >= 0.3 is 0 Å². The lowest BCUT2D eigenvalue weighted by Gasteiger charge is -2.18. The first kappa shape index (κ1) is 14.7. The van der Waals surface area contributed by atoms with E-state index < -0.39 is 5.82 Å². The zero-order valence-corrected chi connectivity index (χ0v) is 11.8. The molecule has 0 saturated heterocycles. The summed E-state index contributed by atoms with van der Waals surface area (Å²) in [6.45, 7) is 4.25. The smallest absolute Gasteiger partial charge is 0.254 e. The fraction of sp³-hybridized carbons (Fsp3) is 0.308. The van der Waals surface area contributed by atoms with Crippen LogP contribution in [-0.2, 0) is 0 Å². The van der Waals surface area contributed by atoms with Crippen LogP contribution in [0.15, 0.2) is 29.3 Å². The van der Waals surface area contributed by atoms with Crippen LogP contribution >= 0.6 is 15.9 Å². The molecule has 0 heterocycles. The Bertz CT molecular complexity index is 463. The number of allylic oxidation sites excluding steroid dienone is 1. The van der Waals surface area contributed by atoms with Crippen molar-refractivity contribution in [2.45, 2.75) is 12.8 Å². The maximum Gasteiger partial charge on any atom is 0.254 e. The summed E-state index contributed by atoms with van der Waals surface area (Å²) < 4.78 is 13.6. The van der Waals surface area contributed by atoms with E-state index in [4.69, 9.17) is 5.73 Å². The van der Waals surface area contributed by atoms with E-state index in [9.17, 15) is 9.18 Å². The summed E-state index contributed by atoms with van der Waals surface area (Å²) in [5.41, 5.74) is 5.81. The molecule has 0 saturated carbocycles. The minimum Gasteiger partial charge on any atom is -0.396 e. The van der Waals surface area contributed by atoms with Gasteiger partial charge in [-0.3, -0.25) is 4.79 Å². The van der Waals surface area contributed by atoms with Crippen LogP contribution in [0.2, 0.25) is 0 Å². The predicted octanol–water partition coefficient (Wildman–Crippen LogP) is 3.21. The Morgan fingerprint density at radius 3 is 2.89 bits per heavy atom. The number of halogens is 2. The van der Waals surface area contributed by atoms with Crippen LogP contribution in [0.4, 0.5) is 10.1 Å². The summed E-state index contributed by atoms with van der Waals surface area (Å²) in [7, 11) is 1.71. The summed E-state index contributed by atoms with van der Waals surface area (Å²) in [6, 6.07) is 2.56. The van der Waals surface area contributed by atoms with Crippen molar-refractivity contribution < 1.29 is 9.18 Å². The number of carbonyl (C=O) groups is 1. The Kier molecular flexibility index (Phi) is 5.34. The number of nitrogens with two attached hydrogens (primary N) is 1. The van der Waals surface area contributed by atoms with Crippen LogP contribution in [-0.4, -0.2) is 24.4 Å². The van der Waals surface area contributed by atoms with Crippen molar-refractivity contribution in [3.8, 4) is 0 Å². The number of nitrogen functional groups attached to an aromatic ring is 1. The Morgan fingerprint density at radius 2 is 2.28 bits per heavy atom. The Hall–Kier alpha value is -1.36. The highest BCUT2D eigenvalue weighted by Gasteiger charge is 2.16. The molecule has 1 amide bonds. The summed E-state index contributed by atoms with van der Waals surface area (Å²) in [5, 5.41) is 0. The van der Waals surface area contributed by atoms with E-state index in [-0.39, 0.29) is 11.6 Å². The third-order valence-corrected chi connectivity index (χ3v) is 3.22. The number of amides is 1. The maximum absolute atomic E-state index is 13.2. The summed E-state index contributed by atoms with van der Waals surface area (Å²) in [4.78, 5) is 13.7. The van der Waals surface area contributed by atoms with Crippen LogP contribution in [0.5, 0.6) is 0 Å². The van der Waals surface area contributed by atoms with Crippen molar-refractivity contribution in [1.29, 1.82) is 0 Å². The topological polar surface area (TPSA) is 46.3 Å². The number of hydrogen-bond donors (Lipinski definition) is 1. The van der Waals surface area contributed by atoms with Gasteiger partial charge in [-0.2, -0.15) is 0 Å². The second kappa shape index (κ2) is 6.54. The van der Waals surface area contributed by atoms with Crippen LogP contribution in [0, 0.1) is 5.82 Å². The third kappa shape index (κ3) is 3.57. The number of benzene rings is 1. The van der Waals surface area contributed by atoms with Gasteiger partial charge in [-0.25, -0.2) is 4.39 Å². The molecule has 98 valence electrons. The minimum atomic E-state index is -0.535. The fourth-order valence-corrected chi connectivity index (χ4v) is 1.99. The lowest BCUT2D eigenvalue weighted by Crippen LogP contribution is -2.28. The molecular formula is C13H16BrFN2O. The Balaban J connectivity index is 2.83. The predicted molar refractivity (Wildman–Crippen MR) is 74.9 cm³/mol. The molecule has 1 aromatic rings.